The zero-order valence-corrected chi connectivity index (χ0v) is 19.9. The molecule has 2 N–H and O–H groups in total. The van der Waals surface area contributed by atoms with Gasteiger partial charge >= 0.3 is 0 Å². The Hall–Kier alpha value is -4.31. The van der Waals surface area contributed by atoms with E-state index < -0.39 is 0 Å². The van der Waals surface area contributed by atoms with Crippen LogP contribution in [0.5, 0.6) is 5.75 Å². The van der Waals surface area contributed by atoms with Crippen molar-refractivity contribution >= 4 is 17.3 Å². The van der Waals surface area contributed by atoms with Crippen LogP contribution in [0.3, 0.4) is 0 Å². The van der Waals surface area contributed by atoms with Crippen LogP contribution >= 0.6 is 0 Å². The average Bonchev–Trinajstić information content (AvgIpc) is 3.43. The number of carbonyl (C=O) groups is 1. The predicted octanol–water partition coefficient (Wildman–Crippen LogP) is 7.34. The van der Waals surface area contributed by atoms with Crippen molar-refractivity contribution in [1.82, 2.24) is 0 Å². The number of allylic oxidation sites excluding steroid dienone is 2. The predicted molar refractivity (Wildman–Crippen MR) is 144 cm³/mol. The molecule has 0 radical (unpaired) electrons. The Morgan fingerprint density at radius 1 is 0.889 bits per heavy atom. The molecule has 0 saturated heterocycles. The number of carbonyl (C=O) groups excluding carboxylic acids is 1. The second-order valence-electron chi connectivity index (χ2n) is 9.44. The van der Waals surface area contributed by atoms with E-state index in [9.17, 15) is 4.79 Å². The Bertz CT molecular complexity index is 1380. The highest BCUT2D eigenvalue weighted by molar-refractivity contribution is 6.04. The lowest BCUT2D eigenvalue weighted by Crippen LogP contribution is -2.29. The molecule has 36 heavy (non-hydrogen) atoms. The molecular formula is C32H28N2O2. The third-order valence-electron chi connectivity index (χ3n) is 7.14. The van der Waals surface area contributed by atoms with E-state index in [-0.39, 0.29) is 11.9 Å². The van der Waals surface area contributed by atoms with Crippen LogP contribution in [-0.2, 0) is 6.61 Å². The highest BCUT2D eigenvalue weighted by Crippen LogP contribution is 2.50. The minimum Gasteiger partial charge on any atom is -0.489 e. The number of anilines is 2. The van der Waals surface area contributed by atoms with Crippen molar-refractivity contribution in [2.45, 2.75) is 25.0 Å². The van der Waals surface area contributed by atoms with E-state index >= 15 is 0 Å². The summed E-state index contributed by atoms with van der Waals surface area (Å²) in [4.78, 5) is 12.7. The van der Waals surface area contributed by atoms with Gasteiger partial charge in [-0.2, -0.15) is 0 Å². The van der Waals surface area contributed by atoms with Crippen LogP contribution in [0.15, 0.2) is 115 Å². The third kappa shape index (κ3) is 4.50. The molecule has 178 valence electrons. The SMILES string of the molecule is O=C(Nc1ccc2c(c1)C1C=CCC1C(c1ccc(OCc3ccccc3)cc1)N2)c1ccccc1. The summed E-state index contributed by atoms with van der Waals surface area (Å²) in [5.74, 6) is 1.52. The fraction of sp³-hybridized carbons (Fsp3) is 0.156. The number of fused-ring (bicyclic) bond motifs is 3. The van der Waals surface area contributed by atoms with Crippen LogP contribution in [0.4, 0.5) is 11.4 Å². The highest BCUT2D eigenvalue weighted by Gasteiger charge is 2.38. The first-order valence-electron chi connectivity index (χ1n) is 12.4. The lowest BCUT2D eigenvalue weighted by molar-refractivity contribution is 0.102. The third-order valence-corrected chi connectivity index (χ3v) is 7.14. The monoisotopic (exact) mass is 472 g/mol. The lowest BCUT2D eigenvalue weighted by atomic mass is 9.77. The molecule has 4 aromatic carbocycles. The van der Waals surface area contributed by atoms with Crippen molar-refractivity contribution in [3.8, 4) is 5.75 Å². The molecule has 1 aliphatic heterocycles. The molecule has 0 saturated carbocycles. The van der Waals surface area contributed by atoms with Crippen molar-refractivity contribution in [1.29, 1.82) is 0 Å². The maximum atomic E-state index is 12.7. The summed E-state index contributed by atoms with van der Waals surface area (Å²) in [6.45, 7) is 0.563. The quantitative estimate of drug-likeness (QED) is 0.289. The fourth-order valence-electron chi connectivity index (χ4n) is 5.31. The molecule has 4 heteroatoms. The zero-order valence-electron chi connectivity index (χ0n) is 19.9. The summed E-state index contributed by atoms with van der Waals surface area (Å²) in [6.07, 6.45) is 5.62. The topological polar surface area (TPSA) is 50.4 Å². The zero-order chi connectivity index (χ0) is 24.3. The van der Waals surface area contributed by atoms with Crippen molar-refractivity contribution in [2.75, 3.05) is 10.6 Å². The normalized spacial score (nSPS) is 19.6. The second-order valence-corrected chi connectivity index (χ2v) is 9.44. The van der Waals surface area contributed by atoms with E-state index in [0.29, 0.717) is 24.0 Å². The molecule has 3 unspecified atom stereocenters. The van der Waals surface area contributed by atoms with Gasteiger partial charge in [-0.25, -0.2) is 0 Å². The molecule has 0 bridgehead atoms. The number of hydrogen-bond acceptors (Lipinski definition) is 3. The largest absolute Gasteiger partial charge is 0.489 e. The second kappa shape index (κ2) is 9.74. The van der Waals surface area contributed by atoms with Gasteiger partial charge in [0.1, 0.15) is 12.4 Å². The van der Waals surface area contributed by atoms with Gasteiger partial charge in [-0.05, 0) is 71.5 Å². The van der Waals surface area contributed by atoms with E-state index in [4.69, 9.17) is 4.74 Å². The maximum Gasteiger partial charge on any atom is 0.255 e. The van der Waals surface area contributed by atoms with Gasteiger partial charge in [0, 0.05) is 22.9 Å². The van der Waals surface area contributed by atoms with Crippen LogP contribution in [-0.4, -0.2) is 5.91 Å². The molecule has 6 rings (SSSR count). The minimum atomic E-state index is -0.0923. The molecule has 0 aromatic heterocycles. The van der Waals surface area contributed by atoms with Crippen LogP contribution < -0.4 is 15.4 Å². The van der Waals surface area contributed by atoms with E-state index in [0.717, 1.165) is 29.1 Å². The number of benzene rings is 4. The van der Waals surface area contributed by atoms with Gasteiger partial charge in [-0.15, -0.1) is 0 Å². The molecule has 1 aliphatic carbocycles. The van der Waals surface area contributed by atoms with Gasteiger partial charge in [-0.3, -0.25) is 4.79 Å². The first kappa shape index (κ1) is 22.2. The average molecular weight is 473 g/mol. The molecule has 1 amide bonds. The molecule has 2 aliphatic rings. The molecule has 0 spiro atoms. The maximum absolute atomic E-state index is 12.7. The molecule has 0 fully saturated rings. The summed E-state index contributed by atoms with van der Waals surface area (Å²) in [5, 5.41) is 6.84. The summed E-state index contributed by atoms with van der Waals surface area (Å²) in [5.41, 5.74) is 6.25. The Labute approximate surface area is 211 Å². The number of hydrogen-bond donors (Lipinski definition) is 2. The summed E-state index contributed by atoms with van der Waals surface area (Å²) >= 11 is 0. The fourth-order valence-corrected chi connectivity index (χ4v) is 5.31. The Balaban J connectivity index is 1.19. The van der Waals surface area contributed by atoms with Gasteiger partial charge in [0.05, 0.1) is 6.04 Å². The molecule has 1 heterocycles. The Morgan fingerprint density at radius 2 is 1.64 bits per heavy atom. The smallest absolute Gasteiger partial charge is 0.255 e. The highest BCUT2D eigenvalue weighted by atomic mass is 16.5. The van der Waals surface area contributed by atoms with E-state index in [2.05, 4.69) is 71.3 Å². The summed E-state index contributed by atoms with van der Waals surface area (Å²) < 4.78 is 5.99. The molecular weight excluding hydrogens is 444 g/mol. The van der Waals surface area contributed by atoms with E-state index in [1.54, 1.807) is 0 Å². The van der Waals surface area contributed by atoms with Gasteiger partial charge in [0.25, 0.3) is 5.91 Å². The number of rotatable bonds is 6. The number of nitrogens with one attached hydrogen (secondary N) is 2. The van der Waals surface area contributed by atoms with Gasteiger partial charge in [-0.1, -0.05) is 72.8 Å². The van der Waals surface area contributed by atoms with E-state index in [1.807, 2.05) is 54.6 Å². The van der Waals surface area contributed by atoms with Crippen molar-refractivity contribution in [3.05, 3.63) is 138 Å². The first-order chi connectivity index (χ1) is 17.7. The van der Waals surface area contributed by atoms with Crippen molar-refractivity contribution in [2.24, 2.45) is 5.92 Å². The summed E-state index contributed by atoms with van der Waals surface area (Å²) in [7, 11) is 0. The standard InChI is InChI=1S/C32H28N2O2/c35-32(24-10-5-2-6-11-24)33-25-16-19-30-29(20-25)27-12-7-13-28(27)31(34-30)23-14-17-26(18-15-23)36-21-22-8-3-1-4-9-22/h1-12,14-20,27-28,31,34H,13,21H2,(H,33,35). The number of amides is 1. The van der Waals surface area contributed by atoms with Gasteiger partial charge in [0.15, 0.2) is 0 Å². The Morgan fingerprint density at radius 3 is 2.42 bits per heavy atom. The van der Waals surface area contributed by atoms with Gasteiger partial charge in [0.2, 0.25) is 0 Å². The molecule has 4 aromatic rings. The number of ether oxygens (including phenoxy) is 1. The first-order valence-corrected chi connectivity index (χ1v) is 12.4. The van der Waals surface area contributed by atoms with Gasteiger partial charge < -0.3 is 15.4 Å². The van der Waals surface area contributed by atoms with Crippen LogP contribution in [0, 0.1) is 5.92 Å². The van der Waals surface area contributed by atoms with Crippen LogP contribution in [0.2, 0.25) is 0 Å². The summed E-state index contributed by atoms with van der Waals surface area (Å²) in [6, 6.07) is 34.4. The van der Waals surface area contributed by atoms with Crippen molar-refractivity contribution in [3.63, 3.8) is 0 Å². The van der Waals surface area contributed by atoms with E-state index in [1.165, 1.54) is 11.1 Å². The minimum absolute atomic E-state index is 0.0923. The molecule has 4 nitrogen and oxygen atoms in total. The molecule has 3 atom stereocenters. The van der Waals surface area contributed by atoms with Crippen LogP contribution in [0.25, 0.3) is 0 Å². The Kier molecular flexibility index (Phi) is 6.00. The van der Waals surface area contributed by atoms with Crippen LogP contribution in [0.1, 0.15) is 45.4 Å². The van der Waals surface area contributed by atoms with Crippen molar-refractivity contribution < 1.29 is 9.53 Å². The lowest BCUT2D eigenvalue weighted by Gasteiger charge is -2.37.